The Balaban J connectivity index is 1.81. The molecular formula is C15H25NO3. The van der Waals surface area contributed by atoms with E-state index in [1.54, 1.807) is 0 Å². The van der Waals surface area contributed by atoms with Crippen molar-refractivity contribution >= 4 is 0 Å². The molecule has 0 aliphatic carbocycles. The molecular weight excluding hydrogens is 242 g/mol. The predicted molar refractivity (Wildman–Crippen MR) is 76.3 cm³/mol. The lowest BCUT2D eigenvalue weighted by atomic mass is 10.2. The monoisotopic (exact) mass is 267 g/mol. The summed E-state index contributed by atoms with van der Waals surface area (Å²) in [4.78, 5) is 2.10. The van der Waals surface area contributed by atoms with Crippen LogP contribution < -0.4 is 0 Å². The molecule has 0 radical (unpaired) electrons. The largest absolute Gasteiger partial charge is 0.378 e. The molecule has 0 aliphatic rings. The summed E-state index contributed by atoms with van der Waals surface area (Å²) < 4.78 is 16.3. The molecule has 0 N–H and O–H groups in total. The van der Waals surface area contributed by atoms with Gasteiger partial charge in [0.15, 0.2) is 0 Å². The van der Waals surface area contributed by atoms with E-state index in [4.69, 9.17) is 14.2 Å². The standard InChI is InChI=1S/C15H25NO3/c1-16(2)8-9-17-10-11-18-12-13-19-14-15-6-4-3-5-7-15/h3-7H,8-14H2,1-2H3. The highest BCUT2D eigenvalue weighted by Crippen LogP contribution is 1.99. The minimum Gasteiger partial charge on any atom is -0.378 e. The fourth-order valence-electron chi connectivity index (χ4n) is 1.45. The van der Waals surface area contributed by atoms with Crippen molar-refractivity contribution in [2.45, 2.75) is 6.61 Å². The zero-order chi connectivity index (χ0) is 13.8. The molecule has 0 unspecified atom stereocenters. The summed E-state index contributed by atoms with van der Waals surface area (Å²) >= 11 is 0. The molecule has 0 saturated carbocycles. The van der Waals surface area contributed by atoms with E-state index in [2.05, 4.69) is 17.0 Å². The number of hydrogen-bond donors (Lipinski definition) is 0. The summed E-state index contributed by atoms with van der Waals surface area (Å²) in [6.45, 7) is 4.84. The Bertz CT molecular complexity index is 304. The summed E-state index contributed by atoms with van der Waals surface area (Å²) in [6, 6.07) is 10.1. The number of benzene rings is 1. The zero-order valence-corrected chi connectivity index (χ0v) is 12.0. The molecule has 1 aromatic rings. The lowest BCUT2D eigenvalue weighted by molar-refractivity contribution is 0.00869. The van der Waals surface area contributed by atoms with Gasteiger partial charge >= 0.3 is 0 Å². The average molecular weight is 267 g/mol. The molecule has 0 aliphatic heterocycles. The summed E-state index contributed by atoms with van der Waals surface area (Å²) in [7, 11) is 4.06. The third-order valence-corrected chi connectivity index (χ3v) is 2.54. The van der Waals surface area contributed by atoms with E-state index in [0.29, 0.717) is 33.0 Å². The smallest absolute Gasteiger partial charge is 0.0718 e. The van der Waals surface area contributed by atoms with Crippen molar-refractivity contribution in [3.8, 4) is 0 Å². The van der Waals surface area contributed by atoms with Gasteiger partial charge in [-0.15, -0.1) is 0 Å². The predicted octanol–water partition coefficient (Wildman–Crippen LogP) is 1.80. The van der Waals surface area contributed by atoms with E-state index in [1.807, 2.05) is 32.3 Å². The van der Waals surface area contributed by atoms with Gasteiger partial charge in [0.2, 0.25) is 0 Å². The molecule has 0 heterocycles. The third kappa shape index (κ3) is 9.62. The van der Waals surface area contributed by atoms with Crippen molar-refractivity contribution in [3.05, 3.63) is 35.9 Å². The molecule has 1 rings (SSSR count). The van der Waals surface area contributed by atoms with E-state index < -0.39 is 0 Å². The summed E-state index contributed by atoms with van der Waals surface area (Å²) in [5.74, 6) is 0. The molecule has 108 valence electrons. The van der Waals surface area contributed by atoms with Crippen LogP contribution in [0.2, 0.25) is 0 Å². The first-order valence-electron chi connectivity index (χ1n) is 6.71. The molecule has 0 saturated heterocycles. The maximum absolute atomic E-state index is 5.51. The first-order valence-corrected chi connectivity index (χ1v) is 6.71. The minimum atomic E-state index is 0.615. The molecule has 1 aromatic carbocycles. The minimum absolute atomic E-state index is 0.615. The second kappa shape index (κ2) is 10.9. The Labute approximate surface area is 116 Å². The van der Waals surface area contributed by atoms with E-state index in [0.717, 1.165) is 13.2 Å². The van der Waals surface area contributed by atoms with Gasteiger partial charge in [-0.2, -0.15) is 0 Å². The van der Waals surface area contributed by atoms with Gasteiger partial charge in [0.1, 0.15) is 0 Å². The lowest BCUT2D eigenvalue weighted by Gasteiger charge is -2.10. The number of likely N-dealkylation sites (N-methyl/N-ethyl adjacent to an activating group) is 1. The Morgan fingerprint density at radius 1 is 0.789 bits per heavy atom. The average Bonchev–Trinajstić information content (AvgIpc) is 2.42. The molecule has 4 heteroatoms. The van der Waals surface area contributed by atoms with Crippen LogP contribution in [0, 0.1) is 0 Å². The Morgan fingerprint density at radius 3 is 2.00 bits per heavy atom. The highest BCUT2D eigenvalue weighted by atomic mass is 16.5. The normalized spacial score (nSPS) is 11.1. The van der Waals surface area contributed by atoms with Crippen LogP contribution in [0.1, 0.15) is 5.56 Å². The van der Waals surface area contributed by atoms with Crippen molar-refractivity contribution in [2.24, 2.45) is 0 Å². The van der Waals surface area contributed by atoms with Crippen molar-refractivity contribution in [2.75, 3.05) is 53.7 Å². The summed E-state index contributed by atoms with van der Waals surface area (Å²) in [5, 5.41) is 0. The van der Waals surface area contributed by atoms with Gasteiger partial charge in [0, 0.05) is 6.54 Å². The lowest BCUT2D eigenvalue weighted by Crippen LogP contribution is -2.19. The molecule has 0 atom stereocenters. The van der Waals surface area contributed by atoms with Gasteiger partial charge in [-0.1, -0.05) is 30.3 Å². The molecule has 0 fully saturated rings. The third-order valence-electron chi connectivity index (χ3n) is 2.54. The SMILES string of the molecule is CN(C)CCOCCOCCOCc1ccccc1. The quantitative estimate of drug-likeness (QED) is 0.572. The maximum Gasteiger partial charge on any atom is 0.0718 e. The van der Waals surface area contributed by atoms with Crippen LogP contribution in [-0.2, 0) is 20.8 Å². The van der Waals surface area contributed by atoms with Crippen LogP contribution in [0.25, 0.3) is 0 Å². The number of nitrogens with zero attached hydrogens (tertiary/aromatic N) is 1. The number of ether oxygens (including phenoxy) is 3. The molecule has 0 spiro atoms. The van der Waals surface area contributed by atoms with Crippen LogP contribution in [0.15, 0.2) is 30.3 Å². The molecule has 0 amide bonds. The number of hydrogen-bond acceptors (Lipinski definition) is 4. The van der Waals surface area contributed by atoms with Crippen LogP contribution in [0.4, 0.5) is 0 Å². The number of rotatable bonds is 11. The Kier molecular flexibility index (Phi) is 9.27. The van der Waals surface area contributed by atoms with Gasteiger partial charge < -0.3 is 19.1 Å². The van der Waals surface area contributed by atoms with Crippen molar-refractivity contribution < 1.29 is 14.2 Å². The molecule has 0 aromatic heterocycles. The van der Waals surface area contributed by atoms with Gasteiger partial charge in [0.05, 0.1) is 39.6 Å². The zero-order valence-electron chi connectivity index (χ0n) is 12.0. The van der Waals surface area contributed by atoms with E-state index in [-0.39, 0.29) is 0 Å². The van der Waals surface area contributed by atoms with Gasteiger partial charge in [-0.3, -0.25) is 0 Å². The Morgan fingerprint density at radius 2 is 1.37 bits per heavy atom. The molecule has 19 heavy (non-hydrogen) atoms. The van der Waals surface area contributed by atoms with Gasteiger partial charge in [-0.25, -0.2) is 0 Å². The van der Waals surface area contributed by atoms with E-state index >= 15 is 0 Å². The van der Waals surface area contributed by atoms with Crippen LogP contribution in [-0.4, -0.2) is 58.6 Å². The summed E-state index contributed by atoms with van der Waals surface area (Å²) in [5.41, 5.74) is 1.19. The highest BCUT2D eigenvalue weighted by Gasteiger charge is 1.94. The first-order chi connectivity index (χ1) is 9.29. The topological polar surface area (TPSA) is 30.9 Å². The Hall–Kier alpha value is -0.940. The second-order valence-corrected chi connectivity index (χ2v) is 4.57. The highest BCUT2D eigenvalue weighted by molar-refractivity contribution is 5.13. The fourth-order valence-corrected chi connectivity index (χ4v) is 1.45. The maximum atomic E-state index is 5.51. The fraction of sp³-hybridized carbons (Fsp3) is 0.600. The summed E-state index contributed by atoms with van der Waals surface area (Å²) in [6.07, 6.45) is 0. The van der Waals surface area contributed by atoms with Crippen LogP contribution in [0.5, 0.6) is 0 Å². The van der Waals surface area contributed by atoms with Crippen LogP contribution in [0.3, 0.4) is 0 Å². The molecule has 4 nitrogen and oxygen atoms in total. The van der Waals surface area contributed by atoms with Crippen molar-refractivity contribution in [1.82, 2.24) is 4.90 Å². The van der Waals surface area contributed by atoms with E-state index in [9.17, 15) is 0 Å². The van der Waals surface area contributed by atoms with Crippen molar-refractivity contribution in [3.63, 3.8) is 0 Å². The van der Waals surface area contributed by atoms with E-state index in [1.165, 1.54) is 5.56 Å². The van der Waals surface area contributed by atoms with Crippen LogP contribution >= 0.6 is 0 Å². The second-order valence-electron chi connectivity index (χ2n) is 4.57. The first kappa shape index (κ1) is 16.1. The van der Waals surface area contributed by atoms with Crippen molar-refractivity contribution in [1.29, 1.82) is 0 Å². The van der Waals surface area contributed by atoms with Gasteiger partial charge in [-0.05, 0) is 19.7 Å². The van der Waals surface area contributed by atoms with Gasteiger partial charge in [0.25, 0.3) is 0 Å². The molecule has 0 bridgehead atoms.